The number of hydrogen-bond donors (Lipinski definition) is 1. The number of likely N-dealkylation sites (N-methyl/N-ethyl adjacent to an activating group) is 1. The Bertz CT molecular complexity index is 998. The Morgan fingerprint density at radius 3 is 2.34 bits per heavy atom. The van der Waals surface area contributed by atoms with Crippen molar-refractivity contribution < 1.29 is 9.59 Å². The molecule has 0 saturated carbocycles. The second kappa shape index (κ2) is 9.10. The second-order valence-corrected chi connectivity index (χ2v) is 7.09. The molecule has 0 aliphatic carbocycles. The van der Waals surface area contributed by atoms with Crippen molar-refractivity contribution in [2.75, 3.05) is 18.9 Å². The lowest BCUT2D eigenvalue weighted by molar-refractivity contribution is 0.0791. The molecule has 0 unspecified atom stereocenters. The van der Waals surface area contributed by atoms with Gasteiger partial charge in [-0.2, -0.15) is 0 Å². The zero-order chi connectivity index (χ0) is 20.8. The van der Waals surface area contributed by atoms with Gasteiger partial charge in [0.05, 0.1) is 0 Å². The van der Waals surface area contributed by atoms with Gasteiger partial charge in [-0.3, -0.25) is 19.6 Å². The van der Waals surface area contributed by atoms with E-state index in [0.717, 1.165) is 28.8 Å². The highest BCUT2D eigenvalue weighted by atomic mass is 16.2. The number of benzene rings is 1. The van der Waals surface area contributed by atoms with Gasteiger partial charge >= 0.3 is 0 Å². The van der Waals surface area contributed by atoms with Crippen LogP contribution in [0.3, 0.4) is 0 Å². The molecular weight excluding hydrogens is 364 g/mol. The van der Waals surface area contributed by atoms with Crippen molar-refractivity contribution in [1.82, 2.24) is 14.9 Å². The molecule has 2 amide bonds. The smallest absolute Gasteiger partial charge is 0.272 e. The first-order valence-electron chi connectivity index (χ1n) is 9.42. The van der Waals surface area contributed by atoms with Crippen molar-refractivity contribution in [3.63, 3.8) is 0 Å². The van der Waals surface area contributed by atoms with Gasteiger partial charge in [0, 0.05) is 43.4 Å². The molecule has 3 aromatic rings. The van der Waals surface area contributed by atoms with Crippen molar-refractivity contribution in [3.8, 4) is 0 Å². The Labute approximate surface area is 170 Å². The van der Waals surface area contributed by atoms with Crippen molar-refractivity contribution in [2.45, 2.75) is 20.3 Å². The fourth-order valence-electron chi connectivity index (χ4n) is 3.08. The summed E-state index contributed by atoms with van der Waals surface area (Å²) in [7, 11) is 1.73. The number of anilines is 1. The first kappa shape index (κ1) is 20.2. The molecule has 0 aliphatic heterocycles. The van der Waals surface area contributed by atoms with E-state index in [4.69, 9.17) is 0 Å². The average Bonchev–Trinajstić information content (AvgIpc) is 2.71. The predicted molar refractivity (Wildman–Crippen MR) is 113 cm³/mol. The van der Waals surface area contributed by atoms with Crippen LogP contribution in [0.15, 0.2) is 61.1 Å². The number of pyridine rings is 2. The van der Waals surface area contributed by atoms with E-state index in [2.05, 4.69) is 15.3 Å². The van der Waals surface area contributed by atoms with E-state index in [1.807, 2.05) is 44.2 Å². The van der Waals surface area contributed by atoms with E-state index in [1.165, 1.54) is 12.3 Å². The van der Waals surface area contributed by atoms with Crippen LogP contribution in [0.25, 0.3) is 0 Å². The van der Waals surface area contributed by atoms with Gasteiger partial charge in [0.25, 0.3) is 11.8 Å². The number of nitrogens with one attached hydrogen (secondary N) is 1. The first-order chi connectivity index (χ1) is 13.9. The lowest BCUT2D eigenvalue weighted by Gasteiger charge is -2.17. The standard InChI is InChI=1S/C23H24N4O2/c1-16-12-17(2)14-20(13-16)26-22(28)19-6-10-25-21(15-19)23(29)27(3)11-7-18-4-8-24-9-5-18/h4-6,8-10,12-15H,7,11H2,1-3H3,(H,26,28). The Kier molecular flexibility index (Phi) is 6.34. The molecule has 0 fully saturated rings. The largest absolute Gasteiger partial charge is 0.340 e. The fraction of sp³-hybridized carbons (Fsp3) is 0.217. The van der Waals surface area contributed by atoms with Crippen LogP contribution in [0.1, 0.15) is 37.5 Å². The second-order valence-electron chi connectivity index (χ2n) is 7.09. The van der Waals surface area contributed by atoms with E-state index < -0.39 is 0 Å². The van der Waals surface area contributed by atoms with Crippen LogP contribution in [-0.4, -0.2) is 40.3 Å². The summed E-state index contributed by atoms with van der Waals surface area (Å²) in [4.78, 5) is 35.1. The third-order valence-corrected chi connectivity index (χ3v) is 4.55. The van der Waals surface area contributed by atoms with Crippen molar-refractivity contribution in [3.05, 3.63) is 89.0 Å². The summed E-state index contributed by atoms with van der Waals surface area (Å²) in [5.41, 5.74) is 4.62. The molecule has 29 heavy (non-hydrogen) atoms. The Morgan fingerprint density at radius 2 is 1.66 bits per heavy atom. The van der Waals surface area contributed by atoms with Crippen LogP contribution >= 0.6 is 0 Å². The van der Waals surface area contributed by atoms with Gasteiger partial charge in [-0.15, -0.1) is 0 Å². The molecule has 3 rings (SSSR count). The highest BCUT2D eigenvalue weighted by Gasteiger charge is 2.16. The van der Waals surface area contributed by atoms with Gasteiger partial charge in [0.15, 0.2) is 0 Å². The summed E-state index contributed by atoms with van der Waals surface area (Å²) in [5, 5.41) is 2.88. The van der Waals surface area contributed by atoms with Crippen LogP contribution < -0.4 is 5.32 Å². The lowest BCUT2D eigenvalue weighted by Crippen LogP contribution is -2.29. The zero-order valence-electron chi connectivity index (χ0n) is 16.8. The van der Waals surface area contributed by atoms with Crippen molar-refractivity contribution >= 4 is 17.5 Å². The Balaban J connectivity index is 1.67. The van der Waals surface area contributed by atoms with Gasteiger partial charge < -0.3 is 10.2 Å². The molecule has 0 aliphatic rings. The Hall–Kier alpha value is -3.54. The number of aryl methyl sites for hydroxylation is 2. The topological polar surface area (TPSA) is 75.2 Å². The molecule has 1 aromatic carbocycles. The van der Waals surface area contributed by atoms with E-state index in [9.17, 15) is 9.59 Å². The number of rotatable bonds is 6. The van der Waals surface area contributed by atoms with E-state index >= 15 is 0 Å². The van der Waals surface area contributed by atoms with Gasteiger partial charge in [-0.05, 0) is 73.4 Å². The van der Waals surface area contributed by atoms with Crippen LogP contribution in [-0.2, 0) is 6.42 Å². The normalized spacial score (nSPS) is 10.4. The lowest BCUT2D eigenvalue weighted by atomic mass is 10.1. The minimum Gasteiger partial charge on any atom is -0.340 e. The van der Waals surface area contributed by atoms with Gasteiger partial charge in [-0.1, -0.05) is 6.07 Å². The molecule has 0 saturated heterocycles. The van der Waals surface area contributed by atoms with Crippen molar-refractivity contribution in [1.29, 1.82) is 0 Å². The molecule has 0 spiro atoms. The third kappa shape index (κ3) is 5.48. The molecular formula is C23H24N4O2. The summed E-state index contributed by atoms with van der Waals surface area (Å²) < 4.78 is 0. The number of hydrogen-bond acceptors (Lipinski definition) is 4. The molecule has 6 heteroatoms. The summed E-state index contributed by atoms with van der Waals surface area (Å²) >= 11 is 0. The quantitative estimate of drug-likeness (QED) is 0.699. The molecule has 1 N–H and O–H groups in total. The van der Waals surface area contributed by atoms with E-state index in [-0.39, 0.29) is 17.5 Å². The first-order valence-corrected chi connectivity index (χ1v) is 9.42. The minimum atomic E-state index is -0.272. The van der Waals surface area contributed by atoms with Gasteiger partial charge in [-0.25, -0.2) is 0 Å². The number of carbonyl (C=O) groups excluding carboxylic acids is 2. The molecule has 0 atom stereocenters. The summed E-state index contributed by atoms with van der Waals surface area (Å²) in [6.45, 7) is 4.50. The SMILES string of the molecule is Cc1cc(C)cc(NC(=O)c2ccnc(C(=O)N(C)CCc3ccncc3)c2)c1. The minimum absolute atomic E-state index is 0.222. The summed E-state index contributed by atoms with van der Waals surface area (Å²) in [5.74, 6) is -0.494. The van der Waals surface area contributed by atoms with Crippen LogP contribution in [0.5, 0.6) is 0 Å². The fourth-order valence-corrected chi connectivity index (χ4v) is 3.08. The average molecular weight is 388 g/mol. The van der Waals surface area contributed by atoms with Gasteiger partial charge in [0.2, 0.25) is 0 Å². The molecule has 2 heterocycles. The number of nitrogens with zero attached hydrogens (tertiary/aromatic N) is 3. The third-order valence-electron chi connectivity index (χ3n) is 4.55. The van der Waals surface area contributed by atoms with Gasteiger partial charge in [0.1, 0.15) is 5.69 Å². The highest BCUT2D eigenvalue weighted by molar-refractivity contribution is 6.05. The Morgan fingerprint density at radius 1 is 0.966 bits per heavy atom. The maximum absolute atomic E-state index is 12.7. The van der Waals surface area contributed by atoms with Crippen LogP contribution in [0.2, 0.25) is 0 Å². The number of amides is 2. The maximum Gasteiger partial charge on any atom is 0.272 e. The van der Waals surface area contributed by atoms with E-state index in [0.29, 0.717) is 12.1 Å². The molecule has 6 nitrogen and oxygen atoms in total. The summed E-state index contributed by atoms with van der Waals surface area (Å²) in [6.07, 6.45) is 5.67. The maximum atomic E-state index is 12.7. The van der Waals surface area contributed by atoms with Crippen LogP contribution in [0, 0.1) is 13.8 Å². The van der Waals surface area contributed by atoms with Crippen LogP contribution in [0.4, 0.5) is 5.69 Å². The molecule has 0 bridgehead atoms. The monoisotopic (exact) mass is 388 g/mol. The zero-order valence-corrected chi connectivity index (χ0v) is 16.8. The van der Waals surface area contributed by atoms with Crippen molar-refractivity contribution in [2.24, 2.45) is 0 Å². The predicted octanol–water partition coefficient (Wildman–Crippen LogP) is 3.66. The van der Waals surface area contributed by atoms with E-state index in [1.54, 1.807) is 30.4 Å². The number of carbonyl (C=O) groups is 2. The summed E-state index contributed by atoms with van der Waals surface area (Å²) in [6, 6.07) is 12.8. The number of aromatic nitrogens is 2. The molecule has 0 radical (unpaired) electrons. The highest BCUT2D eigenvalue weighted by Crippen LogP contribution is 2.15. The molecule has 2 aromatic heterocycles. The molecule has 148 valence electrons.